The minimum atomic E-state index is -0.892. The molecule has 0 aromatic heterocycles. The van der Waals surface area contributed by atoms with Crippen molar-refractivity contribution in [2.75, 3.05) is 34.3 Å². The van der Waals surface area contributed by atoms with Crippen molar-refractivity contribution in [3.05, 3.63) is 59.2 Å². The maximum absolute atomic E-state index is 13.2. The zero-order valence-electron chi connectivity index (χ0n) is 21.4. The molecule has 1 atom stereocenters. The number of aliphatic hydroxyl groups is 1. The van der Waals surface area contributed by atoms with Crippen molar-refractivity contribution >= 4 is 23.4 Å². The summed E-state index contributed by atoms with van der Waals surface area (Å²) in [6, 6.07) is 10.6. The van der Waals surface area contributed by atoms with E-state index in [2.05, 4.69) is 0 Å². The van der Waals surface area contributed by atoms with Crippen molar-refractivity contribution < 1.29 is 33.7 Å². The topological polar surface area (TPSA) is 106 Å². The number of aliphatic hydroxyl groups excluding tert-OH is 1. The first-order valence-electron chi connectivity index (χ1n) is 11.6. The zero-order chi connectivity index (χ0) is 26.6. The van der Waals surface area contributed by atoms with Crippen molar-refractivity contribution in [3.8, 4) is 17.2 Å². The van der Waals surface area contributed by atoms with Gasteiger partial charge in [-0.2, -0.15) is 0 Å². The van der Waals surface area contributed by atoms with Crippen LogP contribution in [0.2, 0.25) is 0 Å². The summed E-state index contributed by atoms with van der Waals surface area (Å²) in [6.07, 6.45) is -0.0204. The van der Waals surface area contributed by atoms with E-state index in [9.17, 15) is 19.5 Å². The SMILES string of the molecule is COc1ccc(C2/C(=C(/O)c3ccc(OC(C)C)cc3)C(=O)C(=O)N2CCN(C)C)cc1OC(C)=O. The number of esters is 1. The van der Waals surface area contributed by atoms with E-state index in [0.717, 1.165) is 0 Å². The van der Waals surface area contributed by atoms with Crippen LogP contribution in [-0.2, 0) is 14.4 Å². The van der Waals surface area contributed by atoms with Crippen LogP contribution >= 0.6 is 0 Å². The monoisotopic (exact) mass is 496 g/mol. The molecular weight excluding hydrogens is 464 g/mol. The standard InChI is InChI=1S/C27H32N2O7/c1-16(2)35-20-10-7-18(8-11-20)25(31)23-24(29(14-13-28(4)5)27(33)26(23)32)19-9-12-21(34-6)22(15-19)36-17(3)30/h7-12,15-16,24,31H,13-14H2,1-6H3/b25-23-. The van der Waals surface area contributed by atoms with Crippen molar-refractivity contribution in [2.45, 2.75) is 32.9 Å². The van der Waals surface area contributed by atoms with Crippen molar-refractivity contribution in [2.24, 2.45) is 0 Å². The first kappa shape index (κ1) is 26.7. The molecule has 9 nitrogen and oxygen atoms in total. The number of hydrogen-bond donors (Lipinski definition) is 1. The molecule has 1 aliphatic heterocycles. The minimum Gasteiger partial charge on any atom is -0.507 e. The molecule has 1 aliphatic rings. The fraction of sp³-hybridized carbons (Fsp3) is 0.370. The molecule has 1 unspecified atom stereocenters. The molecule has 1 amide bonds. The highest BCUT2D eigenvalue weighted by Crippen LogP contribution is 2.42. The highest BCUT2D eigenvalue weighted by atomic mass is 16.6. The first-order chi connectivity index (χ1) is 17.0. The number of amides is 1. The van der Waals surface area contributed by atoms with Gasteiger partial charge in [0.25, 0.3) is 11.7 Å². The Morgan fingerprint density at radius 1 is 1.08 bits per heavy atom. The van der Waals surface area contributed by atoms with Crippen LogP contribution in [0, 0.1) is 0 Å². The highest BCUT2D eigenvalue weighted by molar-refractivity contribution is 6.46. The van der Waals surface area contributed by atoms with E-state index in [1.54, 1.807) is 42.5 Å². The van der Waals surface area contributed by atoms with Gasteiger partial charge in [-0.15, -0.1) is 0 Å². The summed E-state index contributed by atoms with van der Waals surface area (Å²) in [6.45, 7) is 5.82. The van der Waals surface area contributed by atoms with Crippen LogP contribution in [0.3, 0.4) is 0 Å². The lowest BCUT2D eigenvalue weighted by Gasteiger charge is -2.27. The molecule has 9 heteroatoms. The number of likely N-dealkylation sites (N-methyl/N-ethyl adjacent to an activating group) is 1. The molecule has 1 heterocycles. The lowest BCUT2D eigenvalue weighted by molar-refractivity contribution is -0.140. The largest absolute Gasteiger partial charge is 0.507 e. The van der Waals surface area contributed by atoms with E-state index in [1.165, 1.54) is 18.9 Å². The summed E-state index contributed by atoms with van der Waals surface area (Å²) < 4.78 is 16.2. The second-order valence-electron chi connectivity index (χ2n) is 8.99. The van der Waals surface area contributed by atoms with Gasteiger partial charge in [0.2, 0.25) is 0 Å². The lowest BCUT2D eigenvalue weighted by Crippen LogP contribution is -2.35. The second-order valence-corrected chi connectivity index (χ2v) is 8.99. The Morgan fingerprint density at radius 2 is 1.75 bits per heavy atom. The summed E-state index contributed by atoms with van der Waals surface area (Å²) >= 11 is 0. The third kappa shape index (κ3) is 5.85. The van der Waals surface area contributed by atoms with Gasteiger partial charge in [-0.1, -0.05) is 6.07 Å². The van der Waals surface area contributed by atoms with E-state index >= 15 is 0 Å². The van der Waals surface area contributed by atoms with Crippen LogP contribution in [0.5, 0.6) is 17.2 Å². The van der Waals surface area contributed by atoms with E-state index < -0.39 is 23.7 Å². The smallest absolute Gasteiger partial charge is 0.308 e. The van der Waals surface area contributed by atoms with Gasteiger partial charge in [-0.3, -0.25) is 14.4 Å². The van der Waals surface area contributed by atoms with E-state index in [4.69, 9.17) is 14.2 Å². The molecule has 0 spiro atoms. The Labute approximate surface area is 210 Å². The Hall–Kier alpha value is -3.85. The maximum Gasteiger partial charge on any atom is 0.308 e. The number of carbonyl (C=O) groups excluding carboxylic acids is 3. The number of hydrogen-bond acceptors (Lipinski definition) is 8. The molecule has 36 heavy (non-hydrogen) atoms. The van der Waals surface area contributed by atoms with E-state index in [-0.39, 0.29) is 29.7 Å². The van der Waals surface area contributed by atoms with Gasteiger partial charge < -0.3 is 29.1 Å². The molecule has 0 radical (unpaired) electrons. The van der Waals surface area contributed by atoms with Gasteiger partial charge in [-0.25, -0.2) is 0 Å². The molecule has 192 valence electrons. The molecule has 0 saturated carbocycles. The first-order valence-corrected chi connectivity index (χ1v) is 11.6. The third-order valence-corrected chi connectivity index (χ3v) is 5.58. The van der Waals surface area contributed by atoms with Crippen LogP contribution < -0.4 is 14.2 Å². The van der Waals surface area contributed by atoms with Gasteiger partial charge in [0.1, 0.15) is 11.5 Å². The fourth-order valence-corrected chi connectivity index (χ4v) is 3.98. The molecule has 3 rings (SSSR count). The van der Waals surface area contributed by atoms with Crippen LogP contribution in [-0.4, -0.2) is 73.0 Å². The van der Waals surface area contributed by atoms with Crippen molar-refractivity contribution in [1.82, 2.24) is 9.80 Å². The van der Waals surface area contributed by atoms with Crippen LogP contribution in [0.15, 0.2) is 48.0 Å². The number of methoxy groups -OCH3 is 1. The molecular formula is C27H32N2O7. The Morgan fingerprint density at radius 3 is 2.31 bits per heavy atom. The Balaban J connectivity index is 2.14. The number of carbonyl (C=O) groups is 3. The predicted molar refractivity (Wildman–Crippen MR) is 134 cm³/mol. The molecule has 1 fully saturated rings. The fourth-order valence-electron chi connectivity index (χ4n) is 3.98. The van der Waals surface area contributed by atoms with E-state index in [1.807, 2.05) is 32.8 Å². The summed E-state index contributed by atoms with van der Waals surface area (Å²) in [4.78, 5) is 41.3. The van der Waals surface area contributed by atoms with Gasteiger partial charge in [0, 0.05) is 25.6 Å². The summed E-state index contributed by atoms with van der Waals surface area (Å²) in [5.41, 5.74) is 0.817. The third-order valence-electron chi connectivity index (χ3n) is 5.58. The number of ether oxygens (including phenoxy) is 3. The van der Waals surface area contributed by atoms with Crippen molar-refractivity contribution in [1.29, 1.82) is 0 Å². The molecule has 0 aliphatic carbocycles. The number of rotatable bonds is 9. The summed E-state index contributed by atoms with van der Waals surface area (Å²) in [5.74, 6) is -1.26. The normalized spacial score (nSPS) is 17.1. The second kappa shape index (κ2) is 11.3. The maximum atomic E-state index is 13.2. The Bertz CT molecular complexity index is 1170. The molecule has 0 bridgehead atoms. The molecule has 2 aromatic rings. The average Bonchev–Trinajstić information content (AvgIpc) is 3.06. The lowest BCUT2D eigenvalue weighted by atomic mass is 9.95. The van der Waals surface area contributed by atoms with Crippen molar-refractivity contribution in [3.63, 3.8) is 0 Å². The Kier molecular flexibility index (Phi) is 8.37. The number of benzene rings is 2. The summed E-state index contributed by atoms with van der Waals surface area (Å²) in [7, 11) is 5.16. The minimum absolute atomic E-state index is 0.0204. The average molecular weight is 497 g/mol. The highest BCUT2D eigenvalue weighted by Gasteiger charge is 2.46. The zero-order valence-corrected chi connectivity index (χ0v) is 21.4. The predicted octanol–water partition coefficient (Wildman–Crippen LogP) is 3.39. The van der Waals surface area contributed by atoms with Gasteiger partial charge in [-0.05, 0) is 69.9 Å². The quantitative estimate of drug-likeness (QED) is 0.185. The number of likely N-dealkylation sites (tertiary alicyclic amines) is 1. The van der Waals surface area contributed by atoms with Crippen LogP contribution in [0.1, 0.15) is 37.9 Å². The van der Waals surface area contributed by atoms with Gasteiger partial charge >= 0.3 is 5.97 Å². The summed E-state index contributed by atoms with van der Waals surface area (Å²) in [5, 5.41) is 11.2. The van der Waals surface area contributed by atoms with E-state index in [0.29, 0.717) is 29.2 Å². The number of ketones is 1. The molecule has 2 aromatic carbocycles. The van der Waals surface area contributed by atoms with Gasteiger partial charge in [0.05, 0.1) is 24.8 Å². The number of nitrogens with zero attached hydrogens (tertiary/aromatic N) is 2. The molecule has 1 N–H and O–H groups in total. The van der Waals surface area contributed by atoms with Gasteiger partial charge in [0.15, 0.2) is 11.5 Å². The number of Topliss-reactive ketones (excluding diaryl/α,β-unsaturated/α-hetero) is 1. The van der Waals surface area contributed by atoms with Crippen LogP contribution in [0.25, 0.3) is 5.76 Å². The van der Waals surface area contributed by atoms with Crippen LogP contribution in [0.4, 0.5) is 0 Å². The molecule has 1 saturated heterocycles.